The summed E-state index contributed by atoms with van der Waals surface area (Å²) in [6.07, 6.45) is 0. The maximum atomic E-state index is 6.26. The first-order chi connectivity index (χ1) is 16.4. The first-order valence-corrected chi connectivity index (χ1v) is 11.2. The number of furan rings is 1. The molecule has 0 radical (unpaired) electrons. The predicted octanol–water partition coefficient (Wildman–Crippen LogP) is 8.32. The third-order valence-corrected chi connectivity index (χ3v) is 6.92. The third kappa shape index (κ3) is 2.14. The second-order valence-electron chi connectivity index (χ2n) is 8.66. The molecule has 3 heteroatoms. The van der Waals surface area contributed by atoms with Crippen molar-refractivity contribution in [1.29, 1.82) is 0 Å². The van der Waals surface area contributed by atoms with E-state index in [9.17, 15) is 0 Å². The Morgan fingerprint density at radius 3 is 2.21 bits per heavy atom. The van der Waals surface area contributed by atoms with E-state index in [1.165, 1.54) is 38.1 Å². The fraction of sp³-hybridized carbons (Fsp3) is 0. The number of aromatic nitrogens is 2. The molecule has 0 fully saturated rings. The molecule has 8 rings (SSSR count). The summed E-state index contributed by atoms with van der Waals surface area (Å²) in [5.74, 6) is 0. The molecule has 0 aliphatic rings. The lowest BCUT2D eigenvalue weighted by Crippen LogP contribution is -1.93. The van der Waals surface area contributed by atoms with Crippen molar-refractivity contribution < 1.29 is 4.42 Å². The normalized spacial score (nSPS) is 12.2. The maximum absolute atomic E-state index is 6.26. The first kappa shape index (κ1) is 17.1. The highest BCUT2D eigenvalue weighted by Crippen LogP contribution is 2.43. The summed E-state index contributed by atoms with van der Waals surface area (Å²) >= 11 is 0. The Bertz CT molecular complexity index is 2020. The molecule has 0 unspecified atom stereocenters. The number of aromatic amines is 1. The Labute approximate surface area is 188 Å². The second kappa shape index (κ2) is 6.05. The van der Waals surface area contributed by atoms with Crippen molar-refractivity contribution >= 4 is 65.6 Å². The highest BCUT2D eigenvalue weighted by atomic mass is 16.3. The molecular formula is C30H18N2O. The minimum Gasteiger partial charge on any atom is -0.456 e. The van der Waals surface area contributed by atoms with Gasteiger partial charge in [0.25, 0.3) is 0 Å². The van der Waals surface area contributed by atoms with Gasteiger partial charge in [-0.3, -0.25) is 0 Å². The minimum atomic E-state index is 0.913. The zero-order valence-corrected chi connectivity index (χ0v) is 17.7. The fourth-order valence-electron chi connectivity index (χ4n) is 5.56. The van der Waals surface area contributed by atoms with E-state index >= 15 is 0 Å². The lowest BCUT2D eigenvalue weighted by atomic mass is 10.1. The molecule has 0 bridgehead atoms. The van der Waals surface area contributed by atoms with Crippen LogP contribution in [-0.2, 0) is 0 Å². The molecule has 0 spiro atoms. The number of hydrogen-bond acceptors (Lipinski definition) is 1. The smallest absolute Gasteiger partial charge is 0.137 e. The molecule has 0 saturated heterocycles. The zero-order chi connectivity index (χ0) is 21.5. The van der Waals surface area contributed by atoms with Gasteiger partial charge in [0.15, 0.2) is 0 Å². The zero-order valence-electron chi connectivity index (χ0n) is 17.7. The van der Waals surface area contributed by atoms with Crippen LogP contribution in [0.2, 0.25) is 0 Å². The van der Waals surface area contributed by atoms with Gasteiger partial charge in [0.05, 0.1) is 21.9 Å². The van der Waals surface area contributed by atoms with E-state index in [-0.39, 0.29) is 0 Å². The van der Waals surface area contributed by atoms with E-state index in [2.05, 4.69) is 101 Å². The van der Waals surface area contributed by atoms with Crippen molar-refractivity contribution in [3.05, 3.63) is 103 Å². The van der Waals surface area contributed by atoms with Gasteiger partial charge in [0.1, 0.15) is 11.2 Å². The SMILES string of the molecule is c1ccc(-n2c3ccc4c5ccccc5[nH]c4c3c3ccc4oc5ccccc5c4c32)cc1. The third-order valence-electron chi connectivity index (χ3n) is 6.92. The average molecular weight is 422 g/mol. The predicted molar refractivity (Wildman–Crippen MR) is 137 cm³/mol. The number of H-pyrrole nitrogens is 1. The molecule has 3 aromatic heterocycles. The number of nitrogens with one attached hydrogen (secondary N) is 1. The topological polar surface area (TPSA) is 33.9 Å². The monoisotopic (exact) mass is 422 g/mol. The largest absolute Gasteiger partial charge is 0.456 e. The van der Waals surface area contributed by atoms with Gasteiger partial charge < -0.3 is 14.0 Å². The van der Waals surface area contributed by atoms with Crippen molar-refractivity contribution in [3.8, 4) is 5.69 Å². The molecule has 0 aliphatic carbocycles. The van der Waals surface area contributed by atoms with E-state index in [1.54, 1.807) is 0 Å². The van der Waals surface area contributed by atoms with Gasteiger partial charge in [-0.1, -0.05) is 60.7 Å². The molecule has 3 nitrogen and oxygen atoms in total. The molecule has 0 atom stereocenters. The lowest BCUT2D eigenvalue weighted by Gasteiger charge is -2.08. The Kier molecular flexibility index (Phi) is 3.14. The van der Waals surface area contributed by atoms with Crippen molar-refractivity contribution in [2.45, 2.75) is 0 Å². The molecule has 154 valence electrons. The number of fused-ring (bicyclic) bond motifs is 11. The number of rotatable bonds is 1. The van der Waals surface area contributed by atoms with E-state index in [1.807, 2.05) is 12.1 Å². The molecule has 5 aromatic carbocycles. The summed E-state index contributed by atoms with van der Waals surface area (Å²) in [6.45, 7) is 0. The van der Waals surface area contributed by atoms with Crippen LogP contribution in [0.15, 0.2) is 108 Å². The van der Waals surface area contributed by atoms with Crippen LogP contribution in [-0.4, -0.2) is 9.55 Å². The first-order valence-electron chi connectivity index (χ1n) is 11.2. The summed E-state index contributed by atoms with van der Waals surface area (Å²) in [6, 6.07) is 36.3. The quantitative estimate of drug-likeness (QED) is 0.283. The van der Waals surface area contributed by atoms with Crippen LogP contribution >= 0.6 is 0 Å². The van der Waals surface area contributed by atoms with Crippen molar-refractivity contribution in [2.24, 2.45) is 0 Å². The van der Waals surface area contributed by atoms with Gasteiger partial charge in [-0.15, -0.1) is 0 Å². The Morgan fingerprint density at radius 2 is 1.30 bits per heavy atom. The fourth-order valence-corrected chi connectivity index (χ4v) is 5.56. The average Bonchev–Trinajstić information content (AvgIpc) is 3.53. The van der Waals surface area contributed by atoms with Crippen LogP contribution in [0.3, 0.4) is 0 Å². The standard InChI is InChI=1S/C30H18N2O/c1-2-8-18(9-3-1)32-24-16-14-20-19-10-4-6-12-23(19)31-29(20)27(24)22-15-17-26-28(30(22)32)21-11-5-7-13-25(21)33-26/h1-17,31H. The van der Waals surface area contributed by atoms with Crippen LogP contribution in [0.5, 0.6) is 0 Å². The van der Waals surface area contributed by atoms with Gasteiger partial charge in [-0.05, 0) is 42.5 Å². The van der Waals surface area contributed by atoms with E-state index in [0.29, 0.717) is 0 Å². The van der Waals surface area contributed by atoms with Crippen molar-refractivity contribution in [3.63, 3.8) is 0 Å². The molecule has 0 saturated carbocycles. The number of hydrogen-bond donors (Lipinski definition) is 1. The maximum Gasteiger partial charge on any atom is 0.137 e. The summed E-state index contributed by atoms with van der Waals surface area (Å²) in [7, 11) is 0. The molecule has 3 heterocycles. The van der Waals surface area contributed by atoms with Crippen LogP contribution in [0.25, 0.3) is 71.2 Å². The number of benzene rings is 5. The van der Waals surface area contributed by atoms with Gasteiger partial charge in [0, 0.05) is 38.1 Å². The molecular weight excluding hydrogens is 404 g/mol. The second-order valence-corrected chi connectivity index (χ2v) is 8.66. The van der Waals surface area contributed by atoms with Crippen molar-refractivity contribution in [1.82, 2.24) is 9.55 Å². The van der Waals surface area contributed by atoms with Gasteiger partial charge in [0.2, 0.25) is 0 Å². The van der Waals surface area contributed by atoms with Crippen LogP contribution in [0, 0.1) is 0 Å². The summed E-state index contributed by atoms with van der Waals surface area (Å²) in [5.41, 5.74) is 7.69. The van der Waals surface area contributed by atoms with Gasteiger partial charge in [-0.2, -0.15) is 0 Å². The summed E-state index contributed by atoms with van der Waals surface area (Å²) in [4.78, 5) is 3.72. The van der Waals surface area contributed by atoms with E-state index < -0.39 is 0 Å². The van der Waals surface area contributed by atoms with Gasteiger partial charge >= 0.3 is 0 Å². The summed E-state index contributed by atoms with van der Waals surface area (Å²) < 4.78 is 8.65. The summed E-state index contributed by atoms with van der Waals surface area (Å²) in [5, 5.41) is 7.28. The molecule has 0 aliphatic heterocycles. The highest BCUT2D eigenvalue weighted by molar-refractivity contribution is 6.30. The van der Waals surface area contributed by atoms with Gasteiger partial charge in [-0.25, -0.2) is 0 Å². The van der Waals surface area contributed by atoms with Crippen LogP contribution in [0.4, 0.5) is 0 Å². The van der Waals surface area contributed by atoms with E-state index in [0.717, 1.165) is 33.1 Å². The number of nitrogens with zero attached hydrogens (tertiary/aromatic N) is 1. The van der Waals surface area contributed by atoms with Crippen molar-refractivity contribution in [2.75, 3.05) is 0 Å². The minimum absolute atomic E-state index is 0.913. The lowest BCUT2D eigenvalue weighted by molar-refractivity contribution is 0.669. The van der Waals surface area contributed by atoms with Crippen LogP contribution < -0.4 is 0 Å². The molecule has 0 amide bonds. The molecule has 1 N–H and O–H groups in total. The highest BCUT2D eigenvalue weighted by Gasteiger charge is 2.21. The Hall–Kier alpha value is -4.50. The van der Waals surface area contributed by atoms with E-state index in [4.69, 9.17) is 4.42 Å². The Morgan fingerprint density at radius 1 is 0.545 bits per heavy atom. The molecule has 33 heavy (non-hydrogen) atoms. The number of para-hydroxylation sites is 3. The Balaban J connectivity index is 1.70. The van der Waals surface area contributed by atoms with Crippen LogP contribution in [0.1, 0.15) is 0 Å². The molecule has 8 aromatic rings.